The number of aromatic nitrogens is 4. The van der Waals surface area contributed by atoms with Gasteiger partial charge in [0.05, 0.1) is 18.3 Å². The van der Waals surface area contributed by atoms with E-state index in [4.69, 9.17) is 0 Å². The number of aromatic hydroxyl groups is 2. The molecule has 226 valence electrons. The van der Waals surface area contributed by atoms with E-state index in [1.54, 1.807) is 41.2 Å². The summed E-state index contributed by atoms with van der Waals surface area (Å²) in [5, 5.41) is 40.3. The molecule has 0 unspecified atom stereocenters. The number of carboxylic acids is 1. The number of rotatable bonds is 11. The maximum atomic E-state index is 12.2. The van der Waals surface area contributed by atoms with Gasteiger partial charge in [0.25, 0.3) is 0 Å². The molecule has 6 rings (SSSR count). The van der Waals surface area contributed by atoms with Gasteiger partial charge in [-0.2, -0.15) is 0 Å². The molecular formula is C36H32N4O5. The van der Waals surface area contributed by atoms with Crippen LogP contribution in [0.5, 0.6) is 11.5 Å². The zero-order chi connectivity index (χ0) is 31.3. The lowest BCUT2D eigenvalue weighted by molar-refractivity contribution is 0.0686. The van der Waals surface area contributed by atoms with Crippen molar-refractivity contribution in [2.45, 2.75) is 25.9 Å². The van der Waals surface area contributed by atoms with E-state index in [1.165, 1.54) is 6.33 Å². The Labute approximate surface area is 260 Å². The van der Waals surface area contributed by atoms with Crippen LogP contribution in [0.4, 0.5) is 0 Å². The minimum atomic E-state index is -1.08. The smallest absolute Gasteiger partial charge is 0.354 e. The fraction of sp³-hybridized carbons (Fsp3) is 0.139. The Balaban J connectivity index is 1.26. The van der Waals surface area contributed by atoms with E-state index in [1.807, 2.05) is 71.3 Å². The van der Waals surface area contributed by atoms with Gasteiger partial charge in [-0.25, -0.2) is 14.8 Å². The molecule has 0 spiro atoms. The number of aromatic carboxylic acids is 1. The number of carboxylic acid groups (broad SMARTS) is 1. The molecule has 45 heavy (non-hydrogen) atoms. The van der Waals surface area contributed by atoms with Crippen molar-refractivity contribution in [3.8, 4) is 33.9 Å². The van der Waals surface area contributed by atoms with Crippen LogP contribution in [0.25, 0.3) is 22.4 Å². The molecule has 0 radical (unpaired) electrons. The Morgan fingerprint density at radius 1 is 0.667 bits per heavy atom. The predicted molar refractivity (Wildman–Crippen MR) is 170 cm³/mol. The van der Waals surface area contributed by atoms with Crippen molar-refractivity contribution >= 4 is 5.97 Å². The van der Waals surface area contributed by atoms with Crippen LogP contribution in [0.1, 0.15) is 38.6 Å². The summed E-state index contributed by atoms with van der Waals surface area (Å²) in [5.74, 6) is -0.804. The molecule has 0 amide bonds. The monoisotopic (exact) mass is 600 g/mol. The zero-order valence-electron chi connectivity index (χ0n) is 24.4. The highest BCUT2D eigenvalue weighted by atomic mass is 16.4. The first-order valence-corrected chi connectivity index (χ1v) is 14.6. The van der Waals surface area contributed by atoms with Crippen LogP contribution in [0.3, 0.4) is 0 Å². The number of hydrogen-bond donors (Lipinski definition) is 4. The van der Waals surface area contributed by atoms with Crippen LogP contribution in [-0.4, -0.2) is 52.1 Å². The van der Waals surface area contributed by atoms with Crippen molar-refractivity contribution in [1.82, 2.24) is 19.1 Å². The lowest BCUT2D eigenvalue weighted by atomic mass is 9.98. The molecule has 4 aromatic carbocycles. The van der Waals surface area contributed by atoms with Crippen molar-refractivity contribution in [2.24, 2.45) is 0 Å². The number of phenols is 2. The highest BCUT2D eigenvalue weighted by Crippen LogP contribution is 2.29. The number of hydrogen-bond acceptors (Lipinski definition) is 6. The third-order valence-corrected chi connectivity index (χ3v) is 7.69. The molecule has 0 fully saturated rings. The predicted octanol–water partition coefficient (Wildman–Crippen LogP) is 5.75. The second kappa shape index (κ2) is 12.9. The molecule has 0 aliphatic heterocycles. The van der Waals surface area contributed by atoms with E-state index in [0.29, 0.717) is 30.6 Å². The zero-order valence-corrected chi connectivity index (χ0v) is 24.4. The fourth-order valence-corrected chi connectivity index (χ4v) is 5.70. The molecule has 2 aromatic heterocycles. The lowest BCUT2D eigenvalue weighted by Crippen LogP contribution is -2.10. The number of carbonyl (C=O) groups is 1. The van der Waals surface area contributed by atoms with Crippen LogP contribution in [-0.2, 0) is 25.9 Å². The summed E-state index contributed by atoms with van der Waals surface area (Å²) in [5.41, 5.74) is 7.31. The van der Waals surface area contributed by atoms with Crippen molar-refractivity contribution < 1.29 is 25.2 Å². The number of phenolic OH excluding ortho intramolecular Hbond substituents is 2. The van der Waals surface area contributed by atoms with Gasteiger partial charge in [-0.3, -0.25) is 0 Å². The van der Waals surface area contributed by atoms with Crippen LogP contribution < -0.4 is 0 Å². The van der Waals surface area contributed by atoms with Crippen LogP contribution in [0, 0.1) is 0 Å². The third-order valence-electron chi connectivity index (χ3n) is 7.69. The van der Waals surface area contributed by atoms with Gasteiger partial charge < -0.3 is 29.6 Å². The number of aliphatic hydroxyl groups is 1. The Hall–Kier alpha value is -5.67. The topological polar surface area (TPSA) is 134 Å². The lowest BCUT2D eigenvalue weighted by Gasteiger charge is -2.12. The maximum absolute atomic E-state index is 12.2. The summed E-state index contributed by atoms with van der Waals surface area (Å²) >= 11 is 0. The van der Waals surface area contributed by atoms with E-state index in [-0.39, 0.29) is 30.3 Å². The van der Waals surface area contributed by atoms with Crippen LogP contribution >= 0.6 is 0 Å². The van der Waals surface area contributed by atoms with Gasteiger partial charge in [-0.05, 0) is 58.1 Å². The molecule has 0 saturated heterocycles. The van der Waals surface area contributed by atoms with Gasteiger partial charge in [0, 0.05) is 43.8 Å². The minimum absolute atomic E-state index is 0.0157. The normalized spacial score (nSPS) is 11.1. The van der Waals surface area contributed by atoms with Crippen LogP contribution in [0.2, 0.25) is 0 Å². The first kappa shape index (κ1) is 29.4. The molecule has 0 atom stereocenters. The molecule has 0 aliphatic rings. The number of nitrogens with zero attached hydrogens (tertiary/aromatic N) is 4. The first-order chi connectivity index (χ1) is 21.9. The summed E-state index contributed by atoms with van der Waals surface area (Å²) in [6, 6.07) is 29.5. The Bertz CT molecular complexity index is 1960. The summed E-state index contributed by atoms with van der Waals surface area (Å²) < 4.78 is 3.58. The molecular weight excluding hydrogens is 568 g/mol. The summed E-state index contributed by atoms with van der Waals surface area (Å²) in [4.78, 5) is 21.3. The molecule has 2 heterocycles. The largest absolute Gasteiger partial charge is 0.508 e. The molecule has 6 aromatic rings. The highest BCUT2D eigenvalue weighted by Gasteiger charge is 2.20. The molecule has 9 heteroatoms. The van der Waals surface area contributed by atoms with Gasteiger partial charge in [-0.1, -0.05) is 66.7 Å². The Kier molecular flexibility index (Phi) is 8.43. The van der Waals surface area contributed by atoms with E-state index < -0.39 is 5.97 Å². The SMILES string of the molecule is O=C(O)c1c(-c2ccccc2)ncn1Cc1cc(O)cc(-c2cccc(Cc3ncn(Cc4cccc(O)c4)c3CCO)c2)c1. The van der Waals surface area contributed by atoms with Crippen molar-refractivity contribution in [3.63, 3.8) is 0 Å². The summed E-state index contributed by atoms with van der Waals surface area (Å²) in [6.07, 6.45) is 4.27. The van der Waals surface area contributed by atoms with Crippen molar-refractivity contribution in [2.75, 3.05) is 6.61 Å². The quantitative estimate of drug-likeness (QED) is 0.149. The van der Waals surface area contributed by atoms with Gasteiger partial charge in [-0.15, -0.1) is 0 Å². The molecule has 4 N–H and O–H groups in total. The number of aliphatic hydroxyl groups excluding tert-OH is 1. The van der Waals surface area contributed by atoms with E-state index in [9.17, 15) is 25.2 Å². The Morgan fingerprint density at radius 2 is 1.36 bits per heavy atom. The summed E-state index contributed by atoms with van der Waals surface area (Å²) in [6.45, 7) is 0.720. The average Bonchev–Trinajstić information content (AvgIpc) is 3.61. The first-order valence-electron chi connectivity index (χ1n) is 14.6. The van der Waals surface area contributed by atoms with E-state index in [2.05, 4.69) is 9.97 Å². The second-order valence-corrected chi connectivity index (χ2v) is 10.9. The molecule has 0 saturated carbocycles. The van der Waals surface area contributed by atoms with Gasteiger partial charge >= 0.3 is 5.97 Å². The van der Waals surface area contributed by atoms with Gasteiger partial charge in [0.15, 0.2) is 5.69 Å². The maximum Gasteiger partial charge on any atom is 0.354 e. The minimum Gasteiger partial charge on any atom is -0.508 e. The molecule has 9 nitrogen and oxygen atoms in total. The molecule has 0 bridgehead atoms. The number of benzene rings is 4. The standard InChI is InChI=1S/C36H32N4O5/c41-13-12-33-32(37-22-39(33)20-25-7-5-11-30(42)16-25)18-24-6-4-10-28(14-24)29-15-26(17-31(43)19-29)21-40-23-38-34(35(40)36(44)45)27-8-2-1-3-9-27/h1-11,14-17,19,22-23,41-43H,12-13,18,20-21H2,(H,44,45). The van der Waals surface area contributed by atoms with Crippen molar-refractivity contribution in [3.05, 3.63) is 143 Å². The third kappa shape index (κ3) is 6.63. The van der Waals surface area contributed by atoms with Gasteiger partial charge in [0.2, 0.25) is 0 Å². The average molecular weight is 601 g/mol. The van der Waals surface area contributed by atoms with Crippen LogP contribution in [0.15, 0.2) is 110 Å². The number of imidazole rings is 2. The highest BCUT2D eigenvalue weighted by molar-refractivity contribution is 5.93. The van der Waals surface area contributed by atoms with E-state index >= 15 is 0 Å². The second-order valence-electron chi connectivity index (χ2n) is 10.9. The fourth-order valence-electron chi connectivity index (χ4n) is 5.70. The Morgan fingerprint density at radius 3 is 2.13 bits per heavy atom. The van der Waals surface area contributed by atoms with Gasteiger partial charge in [0.1, 0.15) is 17.2 Å². The molecule has 0 aliphatic carbocycles. The summed E-state index contributed by atoms with van der Waals surface area (Å²) in [7, 11) is 0. The van der Waals surface area contributed by atoms with E-state index in [0.717, 1.165) is 39.2 Å². The van der Waals surface area contributed by atoms with Crippen molar-refractivity contribution in [1.29, 1.82) is 0 Å².